The van der Waals surface area contributed by atoms with Gasteiger partial charge in [0.25, 0.3) is 0 Å². The lowest BCUT2D eigenvalue weighted by Crippen LogP contribution is -2.03. The van der Waals surface area contributed by atoms with Crippen LogP contribution in [-0.4, -0.2) is 4.98 Å². The Kier molecular flexibility index (Phi) is 4.49. The van der Waals surface area contributed by atoms with E-state index in [1.165, 1.54) is 0 Å². The van der Waals surface area contributed by atoms with Crippen LogP contribution in [0.4, 0.5) is 0 Å². The molecule has 1 aromatic carbocycles. The standard InChI is InChI=1S/C13H13Cl2NOS/c1-8-3-4-11(15)12(5-8)17-9(2)13-16-10(6-14)7-18-13/h3-5,7,9H,6H2,1-2H3. The van der Waals surface area contributed by atoms with Crippen molar-refractivity contribution in [1.29, 1.82) is 0 Å². The minimum atomic E-state index is -0.133. The van der Waals surface area contributed by atoms with Crippen LogP contribution in [0.2, 0.25) is 5.02 Å². The Hall–Kier alpha value is -0.770. The van der Waals surface area contributed by atoms with Crippen molar-refractivity contribution in [3.8, 4) is 5.75 Å². The number of aromatic nitrogens is 1. The number of aryl methyl sites for hydroxylation is 1. The van der Waals surface area contributed by atoms with Gasteiger partial charge < -0.3 is 4.74 Å². The van der Waals surface area contributed by atoms with Gasteiger partial charge in [-0.1, -0.05) is 17.7 Å². The highest BCUT2D eigenvalue weighted by atomic mass is 35.5. The maximum absolute atomic E-state index is 6.10. The van der Waals surface area contributed by atoms with Gasteiger partial charge in [-0.2, -0.15) is 0 Å². The molecule has 1 aromatic heterocycles. The van der Waals surface area contributed by atoms with E-state index in [1.807, 2.05) is 37.4 Å². The second-order valence-corrected chi connectivity index (χ2v) is 5.57. The fraction of sp³-hybridized carbons (Fsp3) is 0.308. The first-order chi connectivity index (χ1) is 8.60. The molecule has 5 heteroatoms. The molecule has 2 aromatic rings. The van der Waals surface area contributed by atoms with Crippen molar-refractivity contribution in [2.45, 2.75) is 25.8 Å². The highest BCUT2D eigenvalue weighted by Crippen LogP contribution is 2.30. The molecule has 1 atom stereocenters. The molecule has 0 fully saturated rings. The van der Waals surface area contributed by atoms with Gasteiger partial charge in [0.2, 0.25) is 0 Å². The highest BCUT2D eigenvalue weighted by molar-refractivity contribution is 7.09. The van der Waals surface area contributed by atoms with Crippen LogP contribution >= 0.6 is 34.5 Å². The molecule has 0 bridgehead atoms. The van der Waals surface area contributed by atoms with Gasteiger partial charge in [-0.05, 0) is 31.5 Å². The van der Waals surface area contributed by atoms with E-state index in [0.717, 1.165) is 16.3 Å². The third kappa shape index (κ3) is 3.16. The molecule has 0 aliphatic heterocycles. The lowest BCUT2D eigenvalue weighted by molar-refractivity contribution is 0.226. The molecule has 96 valence electrons. The minimum Gasteiger partial charge on any atom is -0.482 e. The number of benzene rings is 1. The summed E-state index contributed by atoms with van der Waals surface area (Å²) in [6.07, 6.45) is -0.133. The monoisotopic (exact) mass is 301 g/mol. The number of alkyl halides is 1. The number of ether oxygens (including phenoxy) is 1. The fourth-order valence-electron chi connectivity index (χ4n) is 1.51. The van der Waals surface area contributed by atoms with Crippen LogP contribution in [0.3, 0.4) is 0 Å². The van der Waals surface area contributed by atoms with Crippen molar-refractivity contribution in [2.24, 2.45) is 0 Å². The van der Waals surface area contributed by atoms with E-state index in [1.54, 1.807) is 11.3 Å². The number of thiazole rings is 1. The van der Waals surface area contributed by atoms with Crippen LogP contribution in [0.5, 0.6) is 5.75 Å². The fourth-order valence-corrected chi connectivity index (χ4v) is 2.71. The normalized spacial score (nSPS) is 12.4. The molecule has 2 nitrogen and oxygen atoms in total. The SMILES string of the molecule is Cc1ccc(Cl)c(OC(C)c2nc(CCl)cs2)c1. The van der Waals surface area contributed by atoms with Crippen LogP contribution in [0, 0.1) is 6.92 Å². The molecule has 18 heavy (non-hydrogen) atoms. The smallest absolute Gasteiger partial charge is 0.147 e. The summed E-state index contributed by atoms with van der Waals surface area (Å²) < 4.78 is 5.84. The Bertz CT molecular complexity index is 542. The average molecular weight is 302 g/mol. The molecular formula is C13H13Cl2NOS. The molecular weight excluding hydrogens is 289 g/mol. The lowest BCUT2D eigenvalue weighted by atomic mass is 10.2. The van der Waals surface area contributed by atoms with Gasteiger partial charge in [-0.15, -0.1) is 22.9 Å². The van der Waals surface area contributed by atoms with Crippen molar-refractivity contribution in [2.75, 3.05) is 0 Å². The topological polar surface area (TPSA) is 22.1 Å². The zero-order chi connectivity index (χ0) is 13.1. The van der Waals surface area contributed by atoms with E-state index >= 15 is 0 Å². The van der Waals surface area contributed by atoms with Gasteiger partial charge in [0.05, 0.1) is 16.6 Å². The van der Waals surface area contributed by atoms with E-state index in [4.69, 9.17) is 27.9 Å². The summed E-state index contributed by atoms with van der Waals surface area (Å²) in [6.45, 7) is 3.96. The first-order valence-corrected chi connectivity index (χ1v) is 7.32. The molecule has 0 aliphatic rings. The van der Waals surface area contributed by atoms with Gasteiger partial charge in [-0.25, -0.2) is 4.98 Å². The number of halogens is 2. The molecule has 0 amide bonds. The molecule has 0 aliphatic carbocycles. The number of rotatable bonds is 4. The summed E-state index contributed by atoms with van der Waals surface area (Å²) in [6, 6.07) is 5.72. The van der Waals surface area contributed by atoms with Crippen molar-refractivity contribution < 1.29 is 4.74 Å². The second-order valence-electron chi connectivity index (χ2n) is 4.00. The molecule has 0 N–H and O–H groups in total. The molecule has 2 rings (SSSR count). The number of hydrogen-bond donors (Lipinski definition) is 0. The molecule has 0 radical (unpaired) electrons. The van der Waals surface area contributed by atoms with Crippen molar-refractivity contribution in [3.05, 3.63) is 44.9 Å². The summed E-state index contributed by atoms with van der Waals surface area (Å²) >= 11 is 13.4. The van der Waals surface area contributed by atoms with Gasteiger partial charge in [0.1, 0.15) is 16.9 Å². The Labute approximate surface area is 121 Å². The van der Waals surface area contributed by atoms with Gasteiger partial charge in [0, 0.05) is 5.38 Å². The van der Waals surface area contributed by atoms with Gasteiger partial charge in [0.15, 0.2) is 0 Å². The van der Waals surface area contributed by atoms with Crippen molar-refractivity contribution in [1.82, 2.24) is 4.98 Å². The van der Waals surface area contributed by atoms with E-state index in [2.05, 4.69) is 4.98 Å². The summed E-state index contributed by atoms with van der Waals surface area (Å²) in [7, 11) is 0. The van der Waals surface area contributed by atoms with E-state index < -0.39 is 0 Å². The molecule has 0 saturated heterocycles. The van der Waals surface area contributed by atoms with Crippen LogP contribution in [-0.2, 0) is 5.88 Å². The first-order valence-electron chi connectivity index (χ1n) is 5.53. The van der Waals surface area contributed by atoms with Crippen LogP contribution < -0.4 is 4.74 Å². The van der Waals surface area contributed by atoms with Gasteiger partial charge in [-0.3, -0.25) is 0 Å². The zero-order valence-corrected chi connectivity index (χ0v) is 12.4. The Balaban J connectivity index is 2.15. The Morgan fingerprint density at radius 3 is 2.89 bits per heavy atom. The summed E-state index contributed by atoms with van der Waals surface area (Å²) in [5.41, 5.74) is 1.99. The third-order valence-electron chi connectivity index (χ3n) is 2.44. The number of hydrogen-bond acceptors (Lipinski definition) is 3. The lowest BCUT2D eigenvalue weighted by Gasteiger charge is -2.14. The summed E-state index contributed by atoms with van der Waals surface area (Å²) in [5.74, 6) is 1.11. The van der Waals surface area contributed by atoms with Crippen LogP contribution in [0.15, 0.2) is 23.6 Å². The van der Waals surface area contributed by atoms with Gasteiger partial charge >= 0.3 is 0 Å². The molecule has 0 spiro atoms. The average Bonchev–Trinajstić information content (AvgIpc) is 2.82. The van der Waals surface area contributed by atoms with Crippen molar-refractivity contribution >= 4 is 34.5 Å². The number of nitrogens with zero attached hydrogens (tertiary/aromatic N) is 1. The zero-order valence-electron chi connectivity index (χ0n) is 10.1. The molecule has 0 saturated carbocycles. The first kappa shape index (κ1) is 13.7. The van der Waals surface area contributed by atoms with Crippen LogP contribution in [0.25, 0.3) is 0 Å². The molecule has 1 heterocycles. The third-order valence-corrected chi connectivity index (χ3v) is 4.09. The van der Waals surface area contributed by atoms with Crippen LogP contribution in [0.1, 0.15) is 29.3 Å². The highest BCUT2D eigenvalue weighted by Gasteiger charge is 2.13. The van der Waals surface area contributed by atoms with E-state index in [-0.39, 0.29) is 6.10 Å². The Morgan fingerprint density at radius 1 is 1.44 bits per heavy atom. The predicted molar refractivity (Wildman–Crippen MR) is 76.9 cm³/mol. The minimum absolute atomic E-state index is 0.133. The predicted octanol–water partition coefficient (Wildman–Crippen LogP) is 4.98. The maximum atomic E-state index is 6.10. The maximum Gasteiger partial charge on any atom is 0.147 e. The largest absolute Gasteiger partial charge is 0.482 e. The Morgan fingerprint density at radius 2 is 2.22 bits per heavy atom. The quantitative estimate of drug-likeness (QED) is 0.743. The van der Waals surface area contributed by atoms with E-state index in [9.17, 15) is 0 Å². The van der Waals surface area contributed by atoms with E-state index in [0.29, 0.717) is 16.7 Å². The second kappa shape index (κ2) is 5.91. The summed E-state index contributed by atoms with van der Waals surface area (Å²) in [5, 5.41) is 3.46. The molecule has 1 unspecified atom stereocenters. The summed E-state index contributed by atoms with van der Waals surface area (Å²) in [4.78, 5) is 4.40. The van der Waals surface area contributed by atoms with Crippen molar-refractivity contribution in [3.63, 3.8) is 0 Å².